The van der Waals surface area contributed by atoms with Crippen LogP contribution in [0.3, 0.4) is 0 Å². The van der Waals surface area contributed by atoms with Gasteiger partial charge in [-0.1, -0.05) is 41.6 Å². The monoisotopic (exact) mass is 288 g/mol. The first kappa shape index (κ1) is 12.9. The van der Waals surface area contributed by atoms with Crippen molar-refractivity contribution < 1.29 is 4.52 Å². The Morgan fingerprint density at radius 2 is 1.64 bits per heavy atom. The number of hydrogen-bond acceptors (Lipinski definition) is 3. The molecule has 4 rings (SSSR count). The number of anilines is 1. The van der Waals surface area contributed by atoms with Gasteiger partial charge in [-0.15, -0.1) is 0 Å². The molecule has 0 radical (unpaired) electrons. The second kappa shape index (κ2) is 4.88. The Balaban J connectivity index is 1.98. The summed E-state index contributed by atoms with van der Waals surface area (Å²) in [6.45, 7) is 0. The summed E-state index contributed by atoms with van der Waals surface area (Å²) in [6.07, 6.45) is 0. The second-order valence-electron chi connectivity index (χ2n) is 5.63. The summed E-state index contributed by atoms with van der Waals surface area (Å²) in [5, 5.41) is 5.34. The van der Waals surface area contributed by atoms with Gasteiger partial charge in [0.15, 0.2) is 5.58 Å². The van der Waals surface area contributed by atoms with Crippen LogP contribution in [0.25, 0.3) is 33.4 Å². The zero-order valence-corrected chi connectivity index (χ0v) is 12.6. The van der Waals surface area contributed by atoms with Gasteiger partial charge in [0.1, 0.15) is 5.69 Å². The topological polar surface area (TPSA) is 29.3 Å². The third-order valence-corrected chi connectivity index (χ3v) is 3.98. The number of hydrogen-bond donors (Lipinski definition) is 0. The number of fused-ring (bicyclic) bond motifs is 3. The molecule has 0 spiro atoms. The van der Waals surface area contributed by atoms with Crippen molar-refractivity contribution in [3.05, 3.63) is 60.7 Å². The Labute approximate surface area is 129 Å². The molecule has 0 unspecified atom stereocenters. The van der Waals surface area contributed by atoms with E-state index in [0.29, 0.717) is 0 Å². The molecule has 1 aliphatic carbocycles. The summed E-state index contributed by atoms with van der Waals surface area (Å²) >= 11 is 0. The first-order valence-electron chi connectivity index (χ1n) is 7.29. The molecule has 0 amide bonds. The number of rotatable bonds is 2. The minimum Gasteiger partial charge on any atom is -0.377 e. The molecule has 2 aromatic carbocycles. The lowest BCUT2D eigenvalue weighted by atomic mass is 10.1. The largest absolute Gasteiger partial charge is 0.377 e. The molecule has 1 aliphatic heterocycles. The summed E-state index contributed by atoms with van der Waals surface area (Å²) in [4.78, 5) is 2.13. The van der Waals surface area contributed by atoms with Gasteiger partial charge in [-0.3, -0.25) is 0 Å². The first-order valence-corrected chi connectivity index (χ1v) is 7.29. The molecule has 0 fully saturated rings. The highest BCUT2D eigenvalue weighted by atomic mass is 16.5. The van der Waals surface area contributed by atoms with Crippen LogP contribution >= 0.6 is 0 Å². The van der Waals surface area contributed by atoms with E-state index in [1.807, 2.05) is 18.2 Å². The van der Waals surface area contributed by atoms with Crippen molar-refractivity contribution in [3.63, 3.8) is 0 Å². The fourth-order valence-corrected chi connectivity index (χ4v) is 2.92. The predicted octanol–water partition coefficient (Wildman–Crippen LogP) is 4.67. The highest BCUT2D eigenvalue weighted by Gasteiger charge is 2.16. The number of nitrogens with zero attached hydrogens (tertiary/aromatic N) is 2. The van der Waals surface area contributed by atoms with Crippen LogP contribution < -0.4 is 4.90 Å². The van der Waals surface area contributed by atoms with E-state index in [9.17, 15) is 0 Å². The van der Waals surface area contributed by atoms with Gasteiger partial charge in [0.2, 0.25) is 0 Å². The van der Waals surface area contributed by atoms with Crippen molar-refractivity contribution in [3.8, 4) is 22.4 Å². The highest BCUT2D eigenvalue weighted by Crippen LogP contribution is 2.38. The van der Waals surface area contributed by atoms with E-state index in [1.165, 1.54) is 16.8 Å². The summed E-state index contributed by atoms with van der Waals surface area (Å²) in [5.74, 6) is 0. The quantitative estimate of drug-likeness (QED) is 0.537. The Bertz CT molecular complexity index is 924. The molecular formula is C19H16N2O. The minimum absolute atomic E-state index is 0.813. The van der Waals surface area contributed by atoms with Gasteiger partial charge < -0.3 is 9.42 Å². The molecule has 0 saturated carbocycles. The fourth-order valence-electron chi connectivity index (χ4n) is 2.92. The Kier molecular flexibility index (Phi) is 2.86. The average Bonchev–Trinajstić information content (AvgIpc) is 2.99. The van der Waals surface area contributed by atoms with Crippen LogP contribution in [0.2, 0.25) is 0 Å². The van der Waals surface area contributed by atoms with Crippen LogP contribution in [0.15, 0.2) is 65.2 Å². The maximum absolute atomic E-state index is 5.49. The molecule has 0 aromatic heterocycles. The summed E-state index contributed by atoms with van der Waals surface area (Å²) < 4.78 is 5.49. The van der Waals surface area contributed by atoms with Crippen LogP contribution in [0.1, 0.15) is 0 Å². The molecule has 0 bridgehead atoms. The highest BCUT2D eigenvalue weighted by molar-refractivity contribution is 5.97. The van der Waals surface area contributed by atoms with Gasteiger partial charge in [-0.25, -0.2) is 0 Å². The number of para-hydroxylation sites is 2. The maximum atomic E-state index is 5.49. The maximum Gasteiger partial charge on any atom is 0.165 e. The van der Waals surface area contributed by atoms with Crippen LogP contribution in [-0.2, 0) is 0 Å². The predicted molar refractivity (Wildman–Crippen MR) is 90.4 cm³/mol. The lowest BCUT2D eigenvalue weighted by molar-refractivity contribution is 0.446. The molecular weight excluding hydrogens is 272 g/mol. The third-order valence-electron chi connectivity index (χ3n) is 3.98. The van der Waals surface area contributed by atoms with Crippen molar-refractivity contribution in [1.29, 1.82) is 0 Å². The van der Waals surface area contributed by atoms with Gasteiger partial charge >= 0.3 is 0 Å². The summed E-state index contributed by atoms with van der Waals surface area (Å²) in [7, 11) is 4.12. The second-order valence-corrected chi connectivity index (χ2v) is 5.63. The van der Waals surface area contributed by atoms with Gasteiger partial charge in [0.05, 0.1) is 0 Å². The van der Waals surface area contributed by atoms with Crippen molar-refractivity contribution >= 4 is 16.7 Å². The lowest BCUT2D eigenvalue weighted by Gasteiger charge is -2.16. The molecule has 22 heavy (non-hydrogen) atoms. The molecule has 0 N–H and O–H groups in total. The molecule has 0 saturated heterocycles. The van der Waals surface area contributed by atoms with E-state index < -0.39 is 0 Å². The molecule has 3 heteroatoms. The first-order chi connectivity index (χ1) is 10.7. The molecule has 2 aliphatic rings. The lowest BCUT2D eigenvalue weighted by Crippen LogP contribution is -2.09. The number of aromatic nitrogens is 1. The van der Waals surface area contributed by atoms with E-state index in [2.05, 4.69) is 66.6 Å². The van der Waals surface area contributed by atoms with Crippen molar-refractivity contribution in [1.82, 2.24) is 5.16 Å². The van der Waals surface area contributed by atoms with Gasteiger partial charge in [0.25, 0.3) is 0 Å². The van der Waals surface area contributed by atoms with Crippen molar-refractivity contribution in [2.45, 2.75) is 0 Å². The average molecular weight is 288 g/mol. The van der Waals surface area contributed by atoms with Crippen LogP contribution in [-0.4, -0.2) is 19.3 Å². The molecule has 108 valence electrons. The summed E-state index contributed by atoms with van der Waals surface area (Å²) in [6, 6.07) is 20.7. The van der Waals surface area contributed by atoms with Gasteiger partial charge in [0, 0.05) is 36.3 Å². The molecule has 2 aromatic rings. The molecule has 0 atom stereocenters. The smallest absolute Gasteiger partial charge is 0.165 e. The van der Waals surface area contributed by atoms with Crippen molar-refractivity contribution in [2.24, 2.45) is 0 Å². The van der Waals surface area contributed by atoms with E-state index in [0.717, 1.165) is 22.2 Å². The van der Waals surface area contributed by atoms with Gasteiger partial charge in [-0.05, 0) is 29.8 Å². The fraction of sp³-hybridized carbons (Fsp3) is 0.105. The van der Waals surface area contributed by atoms with E-state index in [4.69, 9.17) is 4.52 Å². The van der Waals surface area contributed by atoms with Crippen LogP contribution in [0, 0.1) is 0 Å². The molecule has 1 heterocycles. The van der Waals surface area contributed by atoms with Crippen LogP contribution in [0.5, 0.6) is 0 Å². The third kappa shape index (κ3) is 1.94. The zero-order valence-electron chi connectivity index (χ0n) is 12.6. The van der Waals surface area contributed by atoms with Crippen molar-refractivity contribution in [2.75, 3.05) is 19.0 Å². The van der Waals surface area contributed by atoms with E-state index in [-0.39, 0.29) is 0 Å². The zero-order chi connectivity index (χ0) is 15.1. The van der Waals surface area contributed by atoms with E-state index in [1.54, 1.807) is 0 Å². The minimum atomic E-state index is 0.813. The summed E-state index contributed by atoms with van der Waals surface area (Å²) in [5.41, 5.74) is 6.40. The number of benzene rings is 2. The Hall–Kier alpha value is -2.81. The SMILES string of the molecule is CN(C)c1ccccc1-c1cc2noc3ccccc3c-2c1. The van der Waals surface area contributed by atoms with Gasteiger partial charge in [-0.2, -0.15) is 0 Å². The molecule has 3 nitrogen and oxygen atoms in total. The Morgan fingerprint density at radius 3 is 2.50 bits per heavy atom. The normalized spacial score (nSPS) is 11.2. The standard InChI is InChI=1S/C19H16N2O/c1-21(2)18-9-5-3-7-14(18)13-11-16-15-8-4-6-10-19(15)22-20-17(16)12-13/h3-12H,1-2H3. The van der Waals surface area contributed by atoms with Crippen LogP contribution in [0.4, 0.5) is 5.69 Å². The Morgan fingerprint density at radius 1 is 0.864 bits per heavy atom. The van der Waals surface area contributed by atoms with E-state index >= 15 is 0 Å².